The lowest BCUT2D eigenvalue weighted by Crippen LogP contribution is -2.74. The van der Waals surface area contributed by atoms with Crippen molar-refractivity contribution >= 4 is 68.5 Å². The van der Waals surface area contributed by atoms with E-state index in [1.807, 2.05) is 91.0 Å². The van der Waals surface area contributed by atoms with E-state index < -0.39 is 198 Å². The van der Waals surface area contributed by atoms with Crippen LogP contribution in [-0.2, 0) is 0 Å². The Kier molecular flexibility index (Phi) is 4.29. The summed E-state index contributed by atoms with van der Waals surface area (Å²) in [6, 6.07) is 11.4. The van der Waals surface area contributed by atoms with E-state index in [0.29, 0.717) is 15.6 Å². The van der Waals surface area contributed by atoms with Crippen LogP contribution in [0, 0.1) is 0 Å². The van der Waals surface area contributed by atoms with E-state index in [1.54, 1.807) is 0 Å². The molecule has 0 amide bonds. The Hall–Kier alpha value is -7.34. The molecule has 0 saturated carbocycles. The fraction of sp³-hybridized carbons (Fsp3) is 0. The molecule has 12 rings (SSSR count). The number of hydrogen-bond acceptors (Lipinski definition) is 2. The van der Waals surface area contributed by atoms with Crippen LogP contribution in [-0.4, -0.2) is 19.6 Å². The highest BCUT2D eigenvalue weighted by molar-refractivity contribution is 7.20. The first-order chi connectivity index (χ1) is 38.0. The third-order valence-electron chi connectivity index (χ3n) is 10.8. The second kappa shape index (κ2) is 13.4. The van der Waals surface area contributed by atoms with Gasteiger partial charge in [-0.2, -0.15) is 0 Å². The third-order valence-corrected chi connectivity index (χ3v) is 15.4. The van der Waals surface area contributed by atoms with E-state index in [0.717, 1.165) is 4.57 Å². The third kappa shape index (κ3) is 5.08. The molecule has 0 unspecified atom stereocenters. The summed E-state index contributed by atoms with van der Waals surface area (Å²) in [6.07, 6.45) is 0. The van der Waals surface area contributed by atoms with E-state index in [9.17, 15) is 13.7 Å². The fourth-order valence-corrected chi connectivity index (χ4v) is 12.9. The van der Waals surface area contributed by atoms with E-state index in [2.05, 4.69) is 0 Å². The minimum Gasteiger partial charge on any atom is -0.551 e. The van der Waals surface area contributed by atoms with Crippen molar-refractivity contribution < 1.29 is 38.2 Å². The Morgan fingerprint density at radius 2 is 1.03 bits per heavy atom. The highest BCUT2D eigenvalue weighted by Crippen LogP contribution is 2.43. The van der Waals surface area contributed by atoms with Gasteiger partial charge >= 0.3 is 6.92 Å². The van der Waals surface area contributed by atoms with Gasteiger partial charge in [0.15, 0.2) is 8.07 Å². The number of nitrogens with zero attached hydrogens (tertiary/aromatic N) is 1. The minimum absolute atomic E-state index is 0.0691. The van der Waals surface area contributed by atoms with Gasteiger partial charge in [-0.15, -0.1) is 0 Å². The second-order valence-corrected chi connectivity index (χ2v) is 17.6. The van der Waals surface area contributed by atoms with Crippen LogP contribution >= 0.6 is 0 Å². The van der Waals surface area contributed by atoms with Crippen LogP contribution in [0.1, 0.15) is 28.8 Å². The van der Waals surface area contributed by atoms with Crippen LogP contribution in [0.3, 0.4) is 0 Å². The number of fused-ring (bicyclic) bond motifs is 7. The lowest BCUT2D eigenvalue weighted by atomic mass is 9.50. The molecule has 2 aliphatic rings. The van der Waals surface area contributed by atoms with E-state index in [-0.39, 0.29) is 27.2 Å². The lowest BCUT2D eigenvalue weighted by molar-refractivity contribution is 0.479. The molecular formula is C54H36BNO2Si. The highest BCUT2D eigenvalue weighted by atomic mass is 28.3. The van der Waals surface area contributed by atoms with Gasteiger partial charge < -0.3 is 14.0 Å². The van der Waals surface area contributed by atoms with Crippen molar-refractivity contribution in [2.45, 2.75) is 0 Å². The monoisotopic (exact) mass is 790 g/mol. The summed E-state index contributed by atoms with van der Waals surface area (Å²) in [5.41, 5.74) is -4.62. The fourth-order valence-electron chi connectivity index (χ4n) is 8.37. The van der Waals surface area contributed by atoms with Gasteiger partial charge in [-0.05, 0) is 74.2 Å². The molecule has 3 nitrogen and oxygen atoms in total. The van der Waals surface area contributed by atoms with Crippen LogP contribution in [0.4, 0.5) is 0 Å². The average molecular weight is 791 g/mol. The summed E-state index contributed by atoms with van der Waals surface area (Å²) in [6.45, 7) is -1.73. The molecule has 5 heteroatoms. The first-order valence-corrected chi connectivity index (χ1v) is 20.6. The van der Waals surface area contributed by atoms with Gasteiger partial charge in [-0.3, -0.25) is 0 Å². The molecule has 3 heterocycles. The van der Waals surface area contributed by atoms with Crippen molar-refractivity contribution in [3.05, 3.63) is 218 Å². The normalized spacial score (nSPS) is 17.6. The van der Waals surface area contributed by atoms with E-state index in [1.165, 1.54) is 0 Å². The largest absolute Gasteiger partial charge is 0.551 e. The number of para-hydroxylation sites is 4. The Bertz CT molecular complexity index is 4280. The first kappa shape index (κ1) is 18.9. The first-order valence-electron chi connectivity index (χ1n) is 29.1. The van der Waals surface area contributed by atoms with Crippen molar-refractivity contribution in [1.29, 1.82) is 0 Å². The molecule has 0 N–H and O–H groups in total. The summed E-state index contributed by atoms with van der Waals surface area (Å²) < 4.78 is 210. The maximum absolute atomic E-state index is 10.5. The zero-order valence-electron chi connectivity index (χ0n) is 51.5. The van der Waals surface area contributed by atoms with Gasteiger partial charge in [-0.25, -0.2) is 0 Å². The molecule has 9 aromatic carbocycles. The van der Waals surface area contributed by atoms with Crippen molar-refractivity contribution in [3.63, 3.8) is 0 Å². The van der Waals surface area contributed by atoms with E-state index >= 15 is 0 Å². The van der Waals surface area contributed by atoms with Crippen LogP contribution in [0.25, 0.3) is 49.7 Å². The zero-order chi connectivity index (χ0) is 57.2. The van der Waals surface area contributed by atoms with Gasteiger partial charge in [0.1, 0.15) is 17.2 Å². The quantitative estimate of drug-likeness (QED) is 0.124. The summed E-state index contributed by atoms with van der Waals surface area (Å²) in [5.74, 6) is -1.53. The molecule has 0 radical (unpaired) electrons. The molecule has 0 bridgehead atoms. The van der Waals surface area contributed by atoms with Crippen molar-refractivity contribution in [1.82, 2.24) is 4.57 Å². The standard InChI is InChI=1S/C54H36BNO2Si/c1-4-18-38(19-5-1)59(39-20-6-2-7-21-39,40-22-8-3-9-23-40)41-32-33-45-46-34-37(35-53-54(46)55(58-52(45)36-41)47-27-13-17-31-51(47)57-53)42-24-10-14-28-48(42)56-49-29-15-11-25-43(49)44-26-12-16-30-50(44)56/h1-36H/i10D,11D,12D,13D,14D,15D,16D,17D,24D,25D,26D,27D,28D,29D,30D,31D,32D,33D,34D,35D,36D. The molecule has 0 saturated heterocycles. The molecule has 0 atom stereocenters. The Labute approximate surface area is 374 Å². The van der Waals surface area contributed by atoms with Crippen LogP contribution in [0.15, 0.2) is 218 Å². The molecule has 2 aliphatic heterocycles. The van der Waals surface area contributed by atoms with Crippen molar-refractivity contribution in [2.24, 2.45) is 0 Å². The highest BCUT2D eigenvalue weighted by Gasteiger charge is 2.45. The van der Waals surface area contributed by atoms with Crippen LogP contribution < -0.4 is 41.1 Å². The van der Waals surface area contributed by atoms with Crippen LogP contribution in [0.2, 0.25) is 0 Å². The van der Waals surface area contributed by atoms with Gasteiger partial charge in [0.2, 0.25) is 0 Å². The Morgan fingerprint density at radius 3 is 1.69 bits per heavy atom. The van der Waals surface area contributed by atoms with Crippen molar-refractivity contribution in [2.75, 3.05) is 0 Å². The smallest absolute Gasteiger partial charge is 0.434 e. The molecule has 1 aromatic heterocycles. The summed E-state index contributed by atoms with van der Waals surface area (Å²) in [7, 11) is -3.93. The number of hydrogen-bond donors (Lipinski definition) is 0. The topological polar surface area (TPSA) is 23.4 Å². The number of rotatable bonds is 6. The van der Waals surface area contributed by atoms with Gasteiger partial charge in [0.05, 0.1) is 45.5 Å². The molecular weight excluding hydrogens is 733 g/mol. The predicted octanol–water partition coefficient (Wildman–Crippen LogP) is 9.10. The summed E-state index contributed by atoms with van der Waals surface area (Å²) in [5, 5.41) is 1.29. The molecule has 0 spiro atoms. The van der Waals surface area contributed by atoms with Crippen molar-refractivity contribution in [3.8, 4) is 45.2 Å². The summed E-state index contributed by atoms with van der Waals surface area (Å²) >= 11 is 0. The van der Waals surface area contributed by atoms with Crippen LogP contribution in [0.5, 0.6) is 17.2 Å². The lowest BCUT2D eigenvalue weighted by Gasteiger charge is -2.37. The molecule has 10 aromatic rings. The number of ether oxygens (including phenoxy) is 1. The van der Waals surface area contributed by atoms with Gasteiger partial charge in [0.25, 0.3) is 0 Å². The zero-order valence-corrected chi connectivity index (χ0v) is 31.5. The Balaban J connectivity index is 1.29. The maximum atomic E-state index is 10.5. The second-order valence-electron chi connectivity index (χ2n) is 13.9. The average Bonchev–Trinajstić information content (AvgIpc) is 1.63. The van der Waals surface area contributed by atoms with E-state index in [4.69, 9.17) is 24.5 Å². The maximum Gasteiger partial charge on any atom is 0.434 e. The van der Waals surface area contributed by atoms with Gasteiger partial charge in [0, 0.05) is 32.8 Å². The number of benzene rings is 9. The molecule has 0 fully saturated rings. The summed E-state index contributed by atoms with van der Waals surface area (Å²) in [4.78, 5) is 0. The predicted molar refractivity (Wildman–Crippen MR) is 247 cm³/mol. The SMILES string of the molecule is [2H]c1c([2H])c([2H])c2c(c1[2H])Oc1c([2H])c(-c3c([2H])c([2H])c([2H])c([2H])c3-n3c4c([2H])c([2H])c([2H])c([2H])c4c4c([2H])c([2H])c([2H])c([2H])c43)c([2H])c3c1B2Oc1c([2H])c([Si](c2ccccc2)(c2ccccc2)c2ccccc2)c([2H])c([2H])c1-3. The Morgan fingerprint density at radius 1 is 0.458 bits per heavy atom. The van der Waals surface area contributed by atoms with Gasteiger partial charge in [-0.1, -0.05) is 176 Å². The molecule has 276 valence electrons. The number of aromatic nitrogens is 1. The molecule has 0 aliphatic carbocycles. The minimum atomic E-state index is -3.93. The molecule has 59 heavy (non-hydrogen) atoms.